The summed E-state index contributed by atoms with van der Waals surface area (Å²) in [6.07, 6.45) is 0. The maximum absolute atomic E-state index is 11.7. The molecular weight excluding hydrogens is 489 g/mol. The fraction of sp³-hybridized carbons (Fsp3) is 0.526. The molecule has 3 amide bonds. The zero-order chi connectivity index (χ0) is 20.7. The molecular formula is C19H30IN5O4. The topological polar surface area (TPSA) is 95.5 Å². The predicted octanol–water partition coefficient (Wildman–Crippen LogP) is 1.58. The molecule has 1 aromatic rings. The van der Waals surface area contributed by atoms with Gasteiger partial charge in [0.25, 0.3) is 0 Å². The van der Waals surface area contributed by atoms with E-state index in [9.17, 15) is 9.59 Å². The van der Waals surface area contributed by atoms with Crippen LogP contribution in [0.3, 0.4) is 0 Å². The summed E-state index contributed by atoms with van der Waals surface area (Å²) in [5, 5.41) is 5.74. The Labute approximate surface area is 188 Å². The van der Waals surface area contributed by atoms with Crippen molar-refractivity contribution in [1.82, 2.24) is 20.4 Å². The second-order valence-electron chi connectivity index (χ2n) is 6.43. The van der Waals surface area contributed by atoms with E-state index in [1.54, 1.807) is 14.2 Å². The molecule has 1 aromatic carbocycles. The fourth-order valence-corrected chi connectivity index (χ4v) is 2.93. The van der Waals surface area contributed by atoms with Crippen LogP contribution in [0.1, 0.15) is 18.1 Å². The van der Waals surface area contributed by atoms with E-state index in [2.05, 4.69) is 15.6 Å². The molecule has 0 radical (unpaired) electrons. The van der Waals surface area contributed by atoms with Gasteiger partial charge in [0.15, 0.2) is 17.5 Å². The van der Waals surface area contributed by atoms with Crippen LogP contribution >= 0.6 is 24.0 Å². The molecule has 0 aromatic heterocycles. The highest BCUT2D eigenvalue weighted by atomic mass is 127. The minimum atomic E-state index is -0.362. The number of aliphatic imine (C=N–C) groups is 1. The first-order valence-corrected chi connectivity index (χ1v) is 9.20. The lowest BCUT2D eigenvalue weighted by Gasteiger charge is -2.24. The number of amides is 3. The minimum Gasteiger partial charge on any atom is -0.493 e. The van der Waals surface area contributed by atoms with Gasteiger partial charge in [0.2, 0.25) is 5.91 Å². The number of imide groups is 1. The third-order valence-electron chi connectivity index (χ3n) is 4.47. The Morgan fingerprint density at radius 1 is 1.28 bits per heavy atom. The molecule has 162 valence electrons. The van der Waals surface area contributed by atoms with Crippen molar-refractivity contribution in [2.45, 2.75) is 20.4 Å². The third-order valence-corrected chi connectivity index (χ3v) is 4.47. The molecule has 9 nitrogen and oxygen atoms in total. The summed E-state index contributed by atoms with van der Waals surface area (Å²) in [7, 11) is 5.16. The van der Waals surface area contributed by atoms with Gasteiger partial charge in [-0.2, -0.15) is 0 Å². The highest BCUT2D eigenvalue weighted by Crippen LogP contribution is 2.30. The molecule has 0 saturated carbocycles. The minimum absolute atomic E-state index is 0. The first kappa shape index (κ1) is 24.8. The number of benzene rings is 1. The van der Waals surface area contributed by atoms with E-state index in [1.165, 1.54) is 4.90 Å². The van der Waals surface area contributed by atoms with Crippen LogP contribution in [0.4, 0.5) is 4.79 Å². The number of carbonyl (C=O) groups is 2. The Hall–Kier alpha value is -2.24. The van der Waals surface area contributed by atoms with Crippen LogP contribution in [0.2, 0.25) is 0 Å². The Morgan fingerprint density at radius 3 is 2.48 bits per heavy atom. The van der Waals surface area contributed by atoms with Crippen molar-refractivity contribution in [2.75, 3.05) is 47.4 Å². The number of rotatable bonds is 8. The number of nitrogens with one attached hydrogen (secondary N) is 2. The number of urea groups is 1. The van der Waals surface area contributed by atoms with Crippen LogP contribution in [0.5, 0.6) is 11.5 Å². The highest BCUT2D eigenvalue weighted by molar-refractivity contribution is 14.0. The van der Waals surface area contributed by atoms with Crippen molar-refractivity contribution in [1.29, 1.82) is 0 Å². The number of guanidine groups is 1. The van der Waals surface area contributed by atoms with Crippen molar-refractivity contribution in [3.63, 3.8) is 0 Å². The lowest BCUT2D eigenvalue weighted by atomic mass is 10.1. The molecule has 1 heterocycles. The first-order valence-electron chi connectivity index (χ1n) is 9.20. The molecule has 0 unspecified atom stereocenters. The summed E-state index contributed by atoms with van der Waals surface area (Å²) in [4.78, 5) is 31.0. The van der Waals surface area contributed by atoms with Gasteiger partial charge >= 0.3 is 6.03 Å². The normalized spacial score (nSPS) is 13.7. The quantitative estimate of drug-likeness (QED) is 0.235. The van der Waals surface area contributed by atoms with Gasteiger partial charge in [0, 0.05) is 20.1 Å². The van der Waals surface area contributed by atoms with E-state index < -0.39 is 0 Å². The molecule has 29 heavy (non-hydrogen) atoms. The zero-order valence-corrected chi connectivity index (χ0v) is 19.9. The lowest BCUT2D eigenvalue weighted by molar-refractivity contribution is -0.124. The van der Waals surface area contributed by atoms with Crippen LogP contribution in [0.25, 0.3) is 0 Å². The van der Waals surface area contributed by atoms with Crippen molar-refractivity contribution in [3.05, 3.63) is 23.3 Å². The molecule has 2 N–H and O–H groups in total. The number of nitrogens with zero attached hydrogens (tertiary/aromatic N) is 3. The molecule has 1 aliphatic heterocycles. The van der Waals surface area contributed by atoms with Crippen molar-refractivity contribution in [2.24, 2.45) is 4.99 Å². The lowest BCUT2D eigenvalue weighted by Crippen LogP contribution is -2.39. The van der Waals surface area contributed by atoms with Crippen molar-refractivity contribution >= 4 is 41.9 Å². The highest BCUT2D eigenvalue weighted by Gasteiger charge is 2.27. The van der Waals surface area contributed by atoms with Crippen LogP contribution in [0, 0.1) is 6.92 Å². The molecule has 2 rings (SSSR count). The Kier molecular flexibility index (Phi) is 9.99. The maximum Gasteiger partial charge on any atom is 0.324 e. The van der Waals surface area contributed by atoms with E-state index in [4.69, 9.17) is 9.47 Å². The van der Waals surface area contributed by atoms with Gasteiger partial charge in [-0.15, -0.1) is 24.0 Å². The van der Waals surface area contributed by atoms with E-state index in [1.807, 2.05) is 37.9 Å². The monoisotopic (exact) mass is 519 g/mol. The fourth-order valence-electron chi connectivity index (χ4n) is 2.93. The average Bonchev–Trinajstić information content (AvgIpc) is 3.00. The Balaban J connectivity index is 0.00000420. The third kappa shape index (κ3) is 6.38. The van der Waals surface area contributed by atoms with Gasteiger partial charge in [-0.3, -0.25) is 14.7 Å². The van der Waals surface area contributed by atoms with E-state index >= 15 is 0 Å². The van der Waals surface area contributed by atoms with Crippen LogP contribution in [-0.2, 0) is 11.3 Å². The summed E-state index contributed by atoms with van der Waals surface area (Å²) in [6.45, 7) is 5.97. The predicted molar refractivity (Wildman–Crippen MR) is 122 cm³/mol. The second kappa shape index (κ2) is 11.7. The van der Waals surface area contributed by atoms with Gasteiger partial charge in [-0.05, 0) is 37.1 Å². The summed E-state index contributed by atoms with van der Waals surface area (Å²) in [5.41, 5.74) is 2.17. The van der Waals surface area contributed by atoms with Gasteiger partial charge in [0.1, 0.15) is 0 Å². The zero-order valence-electron chi connectivity index (χ0n) is 17.6. The first-order chi connectivity index (χ1) is 13.4. The summed E-state index contributed by atoms with van der Waals surface area (Å²) < 4.78 is 10.7. The number of aryl methyl sites for hydroxylation is 1. The molecule has 0 bridgehead atoms. The molecule has 0 aliphatic carbocycles. The maximum atomic E-state index is 11.7. The van der Waals surface area contributed by atoms with Gasteiger partial charge in [-0.1, -0.05) is 0 Å². The molecule has 0 atom stereocenters. The van der Waals surface area contributed by atoms with Crippen molar-refractivity contribution in [3.8, 4) is 11.5 Å². The second-order valence-corrected chi connectivity index (χ2v) is 6.43. The molecule has 1 aliphatic rings. The number of carbonyl (C=O) groups excluding carboxylic acids is 2. The SMILES string of the molecule is CCNC(=NCCN1C(=O)CNC1=O)N(C)Cc1cc(OC)c(OC)cc1C.I. The summed E-state index contributed by atoms with van der Waals surface area (Å²) in [6, 6.07) is 3.55. The molecule has 1 saturated heterocycles. The van der Waals surface area contributed by atoms with Gasteiger partial charge in [0.05, 0.1) is 33.9 Å². The molecule has 0 spiro atoms. The number of ether oxygens (including phenoxy) is 2. The van der Waals surface area contributed by atoms with E-state index in [0.717, 1.165) is 11.1 Å². The summed E-state index contributed by atoms with van der Waals surface area (Å²) >= 11 is 0. The van der Waals surface area contributed by atoms with Crippen LogP contribution < -0.4 is 20.1 Å². The smallest absolute Gasteiger partial charge is 0.324 e. The molecule has 1 fully saturated rings. The number of hydrogen-bond donors (Lipinski definition) is 2. The number of hydrogen-bond acceptors (Lipinski definition) is 5. The van der Waals surface area contributed by atoms with Crippen LogP contribution in [-0.4, -0.2) is 75.1 Å². The average molecular weight is 519 g/mol. The Bertz CT molecular complexity index is 740. The standard InChI is InChI=1S/C19H29N5O4.HI/c1-6-20-18(21-7-8-24-17(25)11-22-19(24)26)23(3)12-14-10-16(28-5)15(27-4)9-13(14)2;/h9-10H,6-8,11-12H2,1-5H3,(H,20,21)(H,22,26);1H. The number of halogens is 1. The van der Waals surface area contributed by atoms with E-state index in [0.29, 0.717) is 37.1 Å². The van der Waals surface area contributed by atoms with Gasteiger partial charge in [-0.25, -0.2) is 4.79 Å². The summed E-state index contributed by atoms with van der Waals surface area (Å²) in [5.74, 6) is 1.85. The number of methoxy groups -OCH3 is 2. The van der Waals surface area contributed by atoms with Crippen LogP contribution in [0.15, 0.2) is 17.1 Å². The van der Waals surface area contributed by atoms with Crippen molar-refractivity contribution < 1.29 is 19.1 Å². The largest absolute Gasteiger partial charge is 0.493 e. The van der Waals surface area contributed by atoms with E-state index in [-0.39, 0.29) is 49.0 Å². The Morgan fingerprint density at radius 2 is 1.93 bits per heavy atom. The molecule has 10 heteroatoms. The van der Waals surface area contributed by atoms with Gasteiger partial charge < -0.3 is 25.0 Å².